The van der Waals surface area contributed by atoms with Crippen LogP contribution in [0.25, 0.3) is 0 Å². The second kappa shape index (κ2) is 9.58. The molecule has 0 aromatic carbocycles. The van der Waals surface area contributed by atoms with Gasteiger partial charge in [-0.25, -0.2) is 0 Å². The third-order valence-corrected chi connectivity index (χ3v) is 10.6. The molecule has 0 amide bonds. The van der Waals surface area contributed by atoms with Crippen molar-refractivity contribution < 1.29 is 8.85 Å². The monoisotopic (exact) mass is 340 g/mol. The van der Waals surface area contributed by atoms with E-state index in [0.717, 1.165) is 49.0 Å². The maximum Gasteiger partial charge on any atom is 0.344 e. The van der Waals surface area contributed by atoms with Gasteiger partial charge in [-0.05, 0) is 56.8 Å². The summed E-state index contributed by atoms with van der Waals surface area (Å²) in [6.07, 6.45) is 13.3. The highest BCUT2D eigenvalue weighted by Gasteiger charge is 2.53. The zero-order valence-electron chi connectivity index (χ0n) is 16.1. The zero-order chi connectivity index (χ0) is 16.7. The lowest BCUT2D eigenvalue weighted by Gasteiger charge is -2.47. The van der Waals surface area contributed by atoms with Gasteiger partial charge in [-0.2, -0.15) is 0 Å². The number of rotatable bonds is 8. The van der Waals surface area contributed by atoms with Crippen LogP contribution in [0.5, 0.6) is 0 Å². The highest BCUT2D eigenvalue weighted by Crippen LogP contribution is 2.51. The summed E-state index contributed by atoms with van der Waals surface area (Å²) in [7, 11) is -2.12. The molecule has 0 bridgehead atoms. The molecule has 0 aliphatic heterocycles. The van der Waals surface area contributed by atoms with Gasteiger partial charge in [-0.3, -0.25) is 0 Å². The molecule has 3 heteroatoms. The molecule has 0 heterocycles. The van der Waals surface area contributed by atoms with E-state index in [9.17, 15) is 0 Å². The Labute approximate surface area is 146 Å². The van der Waals surface area contributed by atoms with Gasteiger partial charge in [0.2, 0.25) is 0 Å². The average molecular weight is 341 g/mol. The minimum absolute atomic E-state index is 0.724. The van der Waals surface area contributed by atoms with E-state index < -0.39 is 8.56 Å². The Morgan fingerprint density at radius 3 is 1.74 bits per heavy atom. The van der Waals surface area contributed by atoms with E-state index in [-0.39, 0.29) is 0 Å². The lowest BCUT2D eigenvalue weighted by Crippen LogP contribution is -2.53. The molecular weight excluding hydrogens is 300 g/mol. The maximum atomic E-state index is 6.77. The highest BCUT2D eigenvalue weighted by molar-refractivity contribution is 6.70. The summed E-state index contributed by atoms with van der Waals surface area (Å²) in [5, 5.41) is 0. The second-order valence-corrected chi connectivity index (χ2v) is 12.0. The smallest absolute Gasteiger partial charge is 0.344 e. The quantitative estimate of drug-likeness (QED) is 0.473. The van der Waals surface area contributed by atoms with Crippen LogP contribution in [0.2, 0.25) is 11.1 Å². The first-order valence-corrected chi connectivity index (χ1v) is 12.4. The van der Waals surface area contributed by atoms with Crippen molar-refractivity contribution in [3.63, 3.8) is 0 Å². The van der Waals surface area contributed by atoms with E-state index in [1.54, 1.807) is 0 Å². The Bertz CT molecular complexity index is 310. The summed E-state index contributed by atoms with van der Waals surface area (Å²) in [6, 6.07) is 0. The predicted molar refractivity (Wildman–Crippen MR) is 101 cm³/mol. The van der Waals surface area contributed by atoms with Gasteiger partial charge in [-0.1, -0.05) is 47.0 Å². The molecule has 23 heavy (non-hydrogen) atoms. The SMILES string of the molecule is CCCO[Si](OCCC)(C1CCCCC1)C1CC(C)CC(C)C1. The molecule has 136 valence electrons. The van der Waals surface area contributed by atoms with Crippen LogP contribution in [0.3, 0.4) is 0 Å². The Morgan fingerprint density at radius 1 is 0.739 bits per heavy atom. The molecule has 0 N–H and O–H groups in total. The van der Waals surface area contributed by atoms with Crippen LogP contribution < -0.4 is 0 Å². The summed E-state index contributed by atoms with van der Waals surface area (Å²) in [5.41, 5.74) is 1.47. The van der Waals surface area contributed by atoms with Crippen LogP contribution in [-0.2, 0) is 8.85 Å². The van der Waals surface area contributed by atoms with Crippen molar-refractivity contribution in [2.75, 3.05) is 13.2 Å². The van der Waals surface area contributed by atoms with Crippen LogP contribution in [0.1, 0.15) is 91.9 Å². The Balaban J connectivity index is 2.24. The minimum atomic E-state index is -2.12. The van der Waals surface area contributed by atoms with Crippen LogP contribution in [-0.4, -0.2) is 21.8 Å². The van der Waals surface area contributed by atoms with Gasteiger partial charge in [0.15, 0.2) is 0 Å². The van der Waals surface area contributed by atoms with Gasteiger partial charge in [0.1, 0.15) is 0 Å². The second-order valence-electron chi connectivity index (χ2n) is 8.37. The normalized spacial score (nSPS) is 30.5. The van der Waals surface area contributed by atoms with Crippen molar-refractivity contribution in [1.29, 1.82) is 0 Å². The number of hydrogen-bond acceptors (Lipinski definition) is 2. The summed E-state index contributed by atoms with van der Waals surface area (Å²) in [6.45, 7) is 11.2. The van der Waals surface area contributed by atoms with Crippen LogP contribution in [0, 0.1) is 11.8 Å². The molecule has 2 rings (SSSR count). The predicted octanol–water partition coefficient (Wildman–Crippen LogP) is 6.44. The van der Waals surface area contributed by atoms with Crippen molar-refractivity contribution in [1.82, 2.24) is 0 Å². The average Bonchev–Trinajstić information content (AvgIpc) is 2.55. The maximum absolute atomic E-state index is 6.77. The molecular formula is C20H40O2Si. The topological polar surface area (TPSA) is 18.5 Å². The molecule has 0 aromatic rings. The standard InChI is InChI=1S/C20H40O2Si/c1-5-12-21-23(22-13-6-2,19-10-8-7-9-11-19)20-15-17(3)14-18(4)16-20/h17-20H,5-16H2,1-4H3. The van der Waals surface area contributed by atoms with Crippen LogP contribution >= 0.6 is 0 Å². The number of hydrogen-bond donors (Lipinski definition) is 0. The molecule has 0 aromatic heterocycles. The molecule has 2 aliphatic carbocycles. The van der Waals surface area contributed by atoms with Crippen molar-refractivity contribution >= 4 is 8.56 Å². The molecule has 2 nitrogen and oxygen atoms in total. The van der Waals surface area contributed by atoms with Crippen molar-refractivity contribution in [2.45, 2.75) is 103 Å². The molecule has 2 fully saturated rings. The van der Waals surface area contributed by atoms with E-state index in [2.05, 4.69) is 27.7 Å². The Hall–Kier alpha value is 0.137. The minimum Gasteiger partial charge on any atom is -0.394 e. The first-order valence-electron chi connectivity index (χ1n) is 10.4. The highest BCUT2D eigenvalue weighted by atomic mass is 28.4. The van der Waals surface area contributed by atoms with E-state index in [1.165, 1.54) is 51.4 Å². The fourth-order valence-corrected chi connectivity index (χ4v) is 10.6. The van der Waals surface area contributed by atoms with Crippen molar-refractivity contribution in [3.8, 4) is 0 Å². The summed E-state index contributed by atoms with van der Waals surface area (Å²) >= 11 is 0. The Kier molecular flexibility index (Phi) is 8.10. The van der Waals surface area contributed by atoms with Gasteiger partial charge in [0.25, 0.3) is 0 Å². The van der Waals surface area contributed by atoms with Gasteiger partial charge < -0.3 is 8.85 Å². The van der Waals surface area contributed by atoms with Gasteiger partial charge in [0.05, 0.1) is 0 Å². The lowest BCUT2D eigenvalue weighted by molar-refractivity contribution is 0.123. The third kappa shape index (κ3) is 5.06. The van der Waals surface area contributed by atoms with Crippen molar-refractivity contribution in [2.24, 2.45) is 11.8 Å². The van der Waals surface area contributed by atoms with Gasteiger partial charge >= 0.3 is 8.56 Å². The molecule has 0 radical (unpaired) electrons. The molecule has 2 saturated carbocycles. The summed E-state index contributed by atoms with van der Waals surface area (Å²) in [5.74, 6) is 1.68. The van der Waals surface area contributed by atoms with Crippen molar-refractivity contribution in [3.05, 3.63) is 0 Å². The summed E-state index contributed by atoms with van der Waals surface area (Å²) < 4.78 is 13.5. The first kappa shape index (κ1) is 19.5. The molecule has 0 saturated heterocycles. The van der Waals surface area contributed by atoms with E-state index in [0.29, 0.717) is 0 Å². The fraction of sp³-hybridized carbons (Fsp3) is 1.00. The largest absolute Gasteiger partial charge is 0.394 e. The molecule has 2 unspecified atom stereocenters. The molecule has 2 atom stereocenters. The fourth-order valence-electron chi connectivity index (χ4n) is 5.15. The zero-order valence-corrected chi connectivity index (χ0v) is 17.1. The Morgan fingerprint density at radius 2 is 1.26 bits per heavy atom. The lowest BCUT2D eigenvalue weighted by atomic mass is 9.83. The van der Waals surface area contributed by atoms with Gasteiger partial charge in [-0.15, -0.1) is 0 Å². The first-order chi connectivity index (χ1) is 11.1. The summed E-state index contributed by atoms with van der Waals surface area (Å²) in [4.78, 5) is 0. The van der Waals surface area contributed by atoms with Crippen LogP contribution in [0.15, 0.2) is 0 Å². The van der Waals surface area contributed by atoms with Crippen LogP contribution in [0.4, 0.5) is 0 Å². The van der Waals surface area contributed by atoms with Gasteiger partial charge in [0, 0.05) is 24.3 Å². The van der Waals surface area contributed by atoms with E-state index >= 15 is 0 Å². The molecule has 2 aliphatic rings. The van der Waals surface area contributed by atoms with E-state index in [4.69, 9.17) is 8.85 Å². The third-order valence-electron chi connectivity index (χ3n) is 5.99. The van der Waals surface area contributed by atoms with E-state index in [1.807, 2.05) is 0 Å². The molecule has 0 spiro atoms.